The number of nitrogen functional groups attached to an aromatic ring is 1. The summed E-state index contributed by atoms with van der Waals surface area (Å²) in [6.07, 6.45) is 8.38. The maximum atomic E-state index is 13.0. The number of nitrogens with zero attached hydrogens (tertiary/aromatic N) is 3. The standard InChI is InChI=1S/C24H24N6O2/c1-4-16-12-13-30(19(16)5-2)29(3)23(32)17-9-6-15(7-10-17)8-11-18-14-26-21-20(18)22(31)28-24(25)27-21/h4-7,9-10,12-14H,1-2,8,11H2,3H3,(H4,25,26,27,28,31). The van der Waals surface area contributed by atoms with E-state index >= 15 is 0 Å². The molecule has 3 heterocycles. The Morgan fingerprint density at radius 1 is 1.19 bits per heavy atom. The number of H-pyrrole nitrogens is 2. The van der Waals surface area contributed by atoms with Crippen molar-refractivity contribution in [3.8, 4) is 0 Å². The molecule has 8 nitrogen and oxygen atoms in total. The lowest BCUT2D eigenvalue weighted by molar-refractivity contribution is 0.0967. The van der Waals surface area contributed by atoms with Crippen LogP contribution in [0.5, 0.6) is 0 Å². The van der Waals surface area contributed by atoms with Crippen LogP contribution in [0.25, 0.3) is 23.2 Å². The monoisotopic (exact) mass is 428 g/mol. The lowest BCUT2D eigenvalue weighted by Crippen LogP contribution is -2.36. The highest BCUT2D eigenvalue weighted by Crippen LogP contribution is 2.18. The molecule has 0 fully saturated rings. The number of hydrogen-bond donors (Lipinski definition) is 3. The predicted molar refractivity (Wildman–Crippen MR) is 128 cm³/mol. The highest BCUT2D eigenvalue weighted by Gasteiger charge is 2.16. The number of aromatic amines is 2. The first-order chi connectivity index (χ1) is 15.4. The molecular formula is C24H24N6O2. The first-order valence-corrected chi connectivity index (χ1v) is 10.1. The van der Waals surface area contributed by atoms with Gasteiger partial charge in [-0.2, -0.15) is 4.98 Å². The Bertz CT molecular complexity index is 1370. The first kappa shape index (κ1) is 20.9. The van der Waals surface area contributed by atoms with Crippen LogP contribution in [0.4, 0.5) is 5.95 Å². The smallest absolute Gasteiger partial charge is 0.272 e. The summed E-state index contributed by atoms with van der Waals surface area (Å²) < 4.78 is 1.75. The summed E-state index contributed by atoms with van der Waals surface area (Å²) in [6.45, 7) is 7.62. The van der Waals surface area contributed by atoms with Crippen molar-refractivity contribution in [2.45, 2.75) is 12.8 Å². The van der Waals surface area contributed by atoms with Crippen LogP contribution in [0.1, 0.15) is 32.7 Å². The second-order valence-electron chi connectivity index (χ2n) is 7.42. The van der Waals surface area contributed by atoms with E-state index in [0.717, 1.165) is 22.4 Å². The normalized spacial score (nSPS) is 10.9. The summed E-state index contributed by atoms with van der Waals surface area (Å²) in [6, 6.07) is 9.36. The van der Waals surface area contributed by atoms with E-state index in [1.807, 2.05) is 36.5 Å². The molecule has 32 heavy (non-hydrogen) atoms. The van der Waals surface area contributed by atoms with Crippen molar-refractivity contribution in [1.29, 1.82) is 0 Å². The molecule has 0 atom stereocenters. The van der Waals surface area contributed by atoms with E-state index in [2.05, 4.69) is 28.1 Å². The van der Waals surface area contributed by atoms with Gasteiger partial charge in [-0.15, -0.1) is 0 Å². The van der Waals surface area contributed by atoms with Gasteiger partial charge < -0.3 is 10.7 Å². The van der Waals surface area contributed by atoms with Gasteiger partial charge in [0, 0.05) is 30.6 Å². The van der Waals surface area contributed by atoms with Gasteiger partial charge in [-0.1, -0.05) is 31.4 Å². The molecule has 0 spiro atoms. The lowest BCUT2D eigenvalue weighted by atomic mass is 10.0. The molecule has 0 aliphatic rings. The summed E-state index contributed by atoms with van der Waals surface area (Å²) in [5.74, 6) is -0.0559. The summed E-state index contributed by atoms with van der Waals surface area (Å²) in [7, 11) is 1.71. The number of fused-ring (bicyclic) bond motifs is 1. The Kier molecular flexibility index (Phi) is 5.51. The SMILES string of the molecule is C=Cc1ccn(N(C)C(=O)c2ccc(CCc3c[nH]c4nc(N)[nH]c(=O)c34)cc2)c1C=C. The average molecular weight is 428 g/mol. The van der Waals surface area contributed by atoms with E-state index in [-0.39, 0.29) is 17.4 Å². The molecule has 0 aliphatic carbocycles. The molecule has 4 aromatic rings. The number of aromatic nitrogens is 4. The third-order valence-electron chi connectivity index (χ3n) is 5.49. The molecule has 0 saturated heterocycles. The number of nitrogens with two attached hydrogens (primary N) is 1. The highest BCUT2D eigenvalue weighted by molar-refractivity contribution is 6.01. The van der Waals surface area contributed by atoms with Crippen LogP contribution in [0, 0.1) is 0 Å². The van der Waals surface area contributed by atoms with E-state index in [9.17, 15) is 9.59 Å². The number of hydrogen-bond acceptors (Lipinski definition) is 4. The number of nitrogens with one attached hydrogen (secondary N) is 2. The number of carbonyl (C=O) groups is 1. The number of anilines is 1. The quantitative estimate of drug-likeness (QED) is 0.420. The molecule has 0 bridgehead atoms. The zero-order valence-corrected chi connectivity index (χ0v) is 17.8. The van der Waals surface area contributed by atoms with E-state index in [4.69, 9.17) is 5.73 Å². The zero-order chi connectivity index (χ0) is 22.8. The third-order valence-corrected chi connectivity index (χ3v) is 5.49. The van der Waals surface area contributed by atoms with Gasteiger partial charge in [0.2, 0.25) is 5.95 Å². The van der Waals surface area contributed by atoms with Gasteiger partial charge in [0.05, 0.1) is 11.1 Å². The largest absolute Gasteiger partial charge is 0.369 e. The van der Waals surface area contributed by atoms with E-state index in [1.54, 1.807) is 30.1 Å². The Morgan fingerprint density at radius 3 is 2.62 bits per heavy atom. The van der Waals surface area contributed by atoms with Crippen LogP contribution >= 0.6 is 0 Å². The number of aryl methyl sites for hydroxylation is 2. The Labute approximate surface area is 184 Å². The van der Waals surface area contributed by atoms with Crippen LogP contribution in [-0.4, -0.2) is 32.6 Å². The fourth-order valence-corrected chi connectivity index (χ4v) is 3.79. The second kappa shape index (κ2) is 8.43. The molecule has 162 valence electrons. The predicted octanol–water partition coefficient (Wildman–Crippen LogP) is 3.11. The zero-order valence-electron chi connectivity index (χ0n) is 17.8. The van der Waals surface area contributed by atoms with Gasteiger partial charge in [0.1, 0.15) is 5.65 Å². The van der Waals surface area contributed by atoms with Crippen molar-refractivity contribution in [3.05, 3.63) is 94.2 Å². The number of carbonyl (C=O) groups excluding carboxylic acids is 1. The molecule has 8 heteroatoms. The van der Waals surface area contributed by atoms with Gasteiger partial charge in [0.15, 0.2) is 0 Å². The minimum absolute atomic E-state index is 0.0852. The number of rotatable bonds is 7. The molecule has 1 amide bonds. The van der Waals surface area contributed by atoms with E-state index in [0.29, 0.717) is 29.4 Å². The van der Waals surface area contributed by atoms with Crippen LogP contribution in [0.15, 0.2) is 60.7 Å². The fraction of sp³-hybridized carbons (Fsp3) is 0.125. The van der Waals surface area contributed by atoms with Crippen molar-refractivity contribution >= 4 is 35.0 Å². The van der Waals surface area contributed by atoms with Gasteiger partial charge in [-0.05, 0) is 48.2 Å². The first-order valence-electron chi connectivity index (χ1n) is 10.1. The van der Waals surface area contributed by atoms with Crippen molar-refractivity contribution < 1.29 is 4.79 Å². The second-order valence-corrected chi connectivity index (χ2v) is 7.42. The van der Waals surface area contributed by atoms with Crippen molar-refractivity contribution in [2.75, 3.05) is 17.8 Å². The maximum absolute atomic E-state index is 13.0. The molecular weight excluding hydrogens is 404 g/mol. The van der Waals surface area contributed by atoms with Crippen LogP contribution in [0.2, 0.25) is 0 Å². The number of amides is 1. The van der Waals surface area contributed by atoms with Crippen molar-refractivity contribution in [1.82, 2.24) is 19.6 Å². The average Bonchev–Trinajstić information content (AvgIpc) is 3.40. The summed E-state index contributed by atoms with van der Waals surface area (Å²) >= 11 is 0. The molecule has 1 aromatic carbocycles. The van der Waals surface area contributed by atoms with E-state index in [1.165, 1.54) is 5.01 Å². The molecule has 0 unspecified atom stereocenters. The number of benzene rings is 1. The van der Waals surface area contributed by atoms with Crippen molar-refractivity contribution in [3.63, 3.8) is 0 Å². The van der Waals surface area contributed by atoms with Crippen molar-refractivity contribution in [2.24, 2.45) is 0 Å². The minimum Gasteiger partial charge on any atom is -0.369 e. The van der Waals surface area contributed by atoms with Gasteiger partial charge >= 0.3 is 0 Å². The van der Waals surface area contributed by atoms with Gasteiger partial charge in [-0.3, -0.25) is 19.2 Å². The van der Waals surface area contributed by atoms with Crippen LogP contribution < -0.4 is 16.3 Å². The Balaban J connectivity index is 1.48. The van der Waals surface area contributed by atoms with Crippen LogP contribution in [-0.2, 0) is 12.8 Å². The molecule has 0 aliphatic heterocycles. The van der Waals surface area contributed by atoms with E-state index < -0.39 is 0 Å². The third kappa shape index (κ3) is 3.74. The topological polar surface area (TPSA) is 113 Å². The molecule has 4 N–H and O–H groups in total. The Morgan fingerprint density at radius 2 is 1.94 bits per heavy atom. The van der Waals surface area contributed by atoms with Gasteiger partial charge in [-0.25, -0.2) is 5.01 Å². The molecule has 3 aromatic heterocycles. The summed E-state index contributed by atoms with van der Waals surface area (Å²) in [5.41, 5.74) is 10.0. The van der Waals surface area contributed by atoms with Gasteiger partial charge in [0.25, 0.3) is 11.5 Å². The Hall–Kier alpha value is -4.33. The van der Waals surface area contributed by atoms with Crippen LogP contribution in [0.3, 0.4) is 0 Å². The summed E-state index contributed by atoms with van der Waals surface area (Å²) in [4.78, 5) is 34.8. The minimum atomic E-state index is -0.253. The molecule has 0 saturated carbocycles. The summed E-state index contributed by atoms with van der Waals surface area (Å²) in [5, 5.41) is 2.06. The maximum Gasteiger partial charge on any atom is 0.272 e. The fourth-order valence-electron chi connectivity index (χ4n) is 3.79. The highest BCUT2D eigenvalue weighted by atomic mass is 16.2. The molecule has 0 radical (unpaired) electrons. The molecule has 4 rings (SSSR count). The lowest BCUT2D eigenvalue weighted by Gasteiger charge is -2.21.